The van der Waals surface area contributed by atoms with Gasteiger partial charge in [0, 0.05) is 16.1 Å². The lowest BCUT2D eigenvalue weighted by Gasteiger charge is -2.04. The first-order valence-electron chi connectivity index (χ1n) is 7.57. The van der Waals surface area contributed by atoms with Crippen LogP contribution in [0.5, 0.6) is 0 Å². The van der Waals surface area contributed by atoms with Crippen molar-refractivity contribution in [2.24, 2.45) is 5.10 Å². The van der Waals surface area contributed by atoms with Crippen LogP contribution < -0.4 is 5.43 Å². The monoisotopic (exact) mass is 368 g/mol. The van der Waals surface area contributed by atoms with Gasteiger partial charge in [0.25, 0.3) is 5.91 Å². The molecule has 1 amide bonds. The van der Waals surface area contributed by atoms with Crippen molar-refractivity contribution >= 4 is 35.3 Å². The van der Waals surface area contributed by atoms with Gasteiger partial charge in [-0.15, -0.1) is 0 Å². The lowest BCUT2D eigenvalue weighted by molar-refractivity contribution is 0.0955. The van der Waals surface area contributed by atoms with Crippen molar-refractivity contribution in [3.05, 3.63) is 94.0 Å². The molecule has 0 atom stereocenters. The quantitative estimate of drug-likeness (QED) is 0.484. The molecule has 0 saturated carbocycles. The van der Waals surface area contributed by atoms with Crippen molar-refractivity contribution < 1.29 is 4.79 Å². The molecule has 0 fully saturated rings. The molecule has 0 saturated heterocycles. The highest BCUT2D eigenvalue weighted by molar-refractivity contribution is 6.36. The Morgan fingerprint density at radius 2 is 1.56 bits per heavy atom. The number of nitrogens with one attached hydrogen (secondary N) is 1. The summed E-state index contributed by atoms with van der Waals surface area (Å²) in [5.41, 5.74) is 5.84. The van der Waals surface area contributed by atoms with Gasteiger partial charge in [0.1, 0.15) is 0 Å². The molecule has 3 nitrogen and oxygen atoms in total. The van der Waals surface area contributed by atoms with Crippen molar-refractivity contribution in [1.29, 1.82) is 0 Å². The maximum Gasteiger partial charge on any atom is 0.271 e. The number of carbonyl (C=O) groups is 1. The Balaban J connectivity index is 1.66. The summed E-state index contributed by atoms with van der Waals surface area (Å²) in [6, 6.07) is 22.4. The Labute approximate surface area is 155 Å². The van der Waals surface area contributed by atoms with Crippen molar-refractivity contribution in [2.45, 2.75) is 0 Å². The van der Waals surface area contributed by atoms with Crippen LogP contribution in [0.3, 0.4) is 0 Å². The van der Waals surface area contributed by atoms with Crippen LogP contribution in [-0.4, -0.2) is 12.1 Å². The zero-order valence-corrected chi connectivity index (χ0v) is 14.6. The van der Waals surface area contributed by atoms with E-state index in [9.17, 15) is 4.79 Å². The second-order valence-electron chi connectivity index (χ2n) is 5.31. The van der Waals surface area contributed by atoms with Gasteiger partial charge in [-0.1, -0.05) is 71.7 Å². The molecular weight excluding hydrogens is 355 g/mol. The average molecular weight is 369 g/mol. The van der Waals surface area contributed by atoms with Gasteiger partial charge < -0.3 is 0 Å². The van der Waals surface area contributed by atoms with Gasteiger partial charge >= 0.3 is 0 Å². The molecule has 3 rings (SSSR count). The molecule has 0 aliphatic heterocycles. The molecule has 0 bridgehead atoms. The Bertz CT molecular complexity index is 907. The van der Waals surface area contributed by atoms with Gasteiger partial charge in [-0.25, -0.2) is 5.43 Å². The molecule has 1 N–H and O–H groups in total. The smallest absolute Gasteiger partial charge is 0.267 e. The maximum absolute atomic E-state index is 12.1. The minimum absolute atomic E-state index is 0.291. The summed E-state index contributed by atoms with van der Waals surface area (Å²) >= 11 is 11.9. The third-order valence-corrected chi connectivity index (χ3v) is 4.15. The largest absolute Gasteiger partial charge is 0.271 e. The minimum Gasteiger partial charge on any atom is -0.267 e. The van der Waals surface area contributed by atoms with Crippen molar-refractivity contribution in [3.63, 3.8) is 0 Å². The number of rotatable bonds is 4. The normalized spacial score (nSPS) is 10.8. The number of hydrazone groups is 1. The second-order valence-corrected chi connectivity index (χ2v) is 6.15. The van der Waals surface area contributed by atoms with Crippen molar-refractivity contribution in [2.75, 3.05) is 0 Å². The maximum atomic E-state index is 12.1. The molecule has 0 unspecified atom stereocenters. The summed E-state index contributed by atoms with van der Waals surface area (Å²) in [5, 5.41) is 4.95. The van der Waals surface area contributed by atoms with E-state index in [1.54, 1.807) is 30.3 Å². The van der Waals surface area contributed by atoms with Crippen molar-refractivity contribution in [3.8, 4) is 11.1 Å². The van der Waals surface area contributed by atoms with E-state index in [0.717, 1.165) is 11.1 Å². The predicted molar refractivity (Wildman–Crippen MR) is 103 cm³/mol. The molecule has 3 aromatic rings. The summed E-state index contributed by atoms with van der Waals surface area (Å²) in [4.78, 5) is 12.1. The Kier molecular flexibility index (Phi) is 5.49. The summed E-state index contributed by atoms with van der Waals surface area (Å²) in [6.45, 7) is 0. The van der Waals surface area contributed by atoms with Crippen LogP contribution in [0.2, 0.25) is 10.0 Å². The van der Waals surface area contributed by atoms with Crippen LogP contribution in [0, 0.1) is 0 Å². The number of amides is 1. The Morgan fingerprint density at radius 3 is 2.24 bits per heavy atom. The minimum atomic E-state index is -0.291. The first kappa shape index (κ1) is 17.2. The molecule has 3 aromatic carbocycles. The fraction of sp³-hybridized carbons (Fsp3) is 0. The highest BCUT2D eigenvalue weighted by Crippen LogP contribution is 2.20. The van der Waals surface area contributed by atoms with Gasteiger partial charge in [-0.2, -0.15) is 5.10 Å². The summed E-state index contributed by atoms with van der Waals surface area (Å²) in [5.74, 6) is -0.291. The van der Waals surface area contributed by atoms with Crippen LogP contribution in [0.4, 0.5) is 0 Å². The first-order chi connectivity index (χ1) is 12.1. The lowest BCUT2D eigenvalue weighted by atomic mass is 10.0. The Morgan fingerprint density at radius 1 is 0.880 bits per heavy atom. The van der Waals surface area contributed by atoms with E-state index in [1.165, 1.54) is 6.21 Å². The van der Waals surface area contributed by atoms with E-state index in [0.29, 0.717) is 21.2 Å². The molecule has 0 heterocycles. The molecule has 0 aliphatic carbocycles. The van der Waals surface area contributed by atoms with E-state index >= 15 is 0 Å². The van der Waals surface area contributed by atoms with Gasteiger partial charge in [-0.3, -0.25) is 4.79 Å². The van der Waals surface area contributed by atoms with Crippen LogP contribution in [0.1, 0.15) is 15.9 Å². The van der Waals surface area contributed by atoms with Gasteiger partial charge in [-0.05, 0) is 35.4 Å². The topological polar surface area (TPSA) is 41.5 Å². The highest BCUT2D eigenvalue weighted by Gasteiger charge is 2.05. The third-order valence-electron chi connectivity index (χ3n) is 3.59. The zero-order chi connectivity index (χ0) is 17.6. The highest BCUT2D eigenvalue weighted by atomic mass is 35.5. The van der Waals surface area contributed by atoms with Crippen LogP contribution in [0.25, 0.3) is 11.1 Å². The van der Waals surface area contributed by atoms with E-state index in [1.807, 2.05) is 42.5 Å². The first-order valence-corrected chi connectivity index (χ1v) is 8.33. The second kappa shape index (κ2) is 7.97. The van der Waals surface area contributed by atoms with Crippen molar-refractivity contribution in [1.82, 2.24) is 5.43 Å². The van der Waals surface area contributed by atoms with E-state index < -0.39 is 0 Å². The van der Waals surface area contributed by atoms with Crippen LogP contribution >= 0.6 is 23.2 Å². The standard InChI is InChI=1S/C20H14Cl2N2O/c21-18-11-10-17(19(22)12-18)13-23-24-20(25)16-8-6-15(7-9-16)14-4-2-1-3-5-14/h1-13H,(H,24,25)/b23-13-. The molecule has 0 aromatic heterocycles. The summed E-state index contributed by atoms with van der Waals surface area (Å²) in [7, 11) is 0. The van der Waals surface area contributed by atoms with E-state index in [4.69, 9.17) is 23.2 Å². The molecule has 25 heavy (non-hydrogen) atoms. The van der Waals surface area contributed by atoms with Gasteiger partial charge in [0.2, 0.25) is 0 Å². The number of carbonyl (C=O) groups excluding carboxylic acids is 1. The molecule has 5 heteroatoms. The van der Waals surface area contributed by atoms with E-state index in [2.05, 4.69) is 10.5 Å². The van der Waals surface area contributed by atoms with Crippen LogP contribution in [-0.2, 0) is 0 Å². The third kappa shape index (κ3) is 4.47. The summed E-state index contributed by atoms with van der Waals surface area (Å²) in [6.07, 6.45) is 1.48. The number of hydrogen-bond donors (Lipinski definition) is 1. The number of hydrogen-bond acceptors (Lipinski definition) is 2. The molecular formula is C20H14Cl2N2O. The molecule has 0 spiro atoms. The number of halogens is 2. The summed E-state index contributed by atoms with van der Waals surface area (Å²) < 4.78 is 0. The van der Waals surface area contributed by atoms with Gasteiger partial charge in [0.15, 0.2) is 0 Å². The lowest BCUT2D eigenvalue weighted by Crippen LogP contribution is -2.17. The average Bonchev–Trinajstić information content (AvgIpc) is 2.64. The van der Waals surface area contributed by atoms with Crippen LogP contribution in [0.15, 0.2) is 77.9 Å². The van der Waals surface area contributed by atoms with E-state index in [-0.39, 0.29) is 5.91 Å². The number of nitrogens with zero attached hydrogens (tertiary/aromatic N) is 1. The zero-order valence-electron chi connectivity index (χ0n) is 13.1. The molecule has 124 valence electrons. The fourth-order valence-electron chi connectivity index (χ4n) is 2.28. The molecule has 0 aliphatic rings. The fourth-order valence-corrected chi connectivity index (χ4v) is 2.73. The SMILES string of the molecule is O=C(N/N=C\c1ccc(Cl)cc1Cl)c1ccc(-c2ccccc2)cc1. The predicted octanol–water partition coefficient (Wildman–Crippen LogP) is 5.42. The van der Waals surface area contributed by atoms with Gasteiger partial charge in [0.05, 0.1) is 11.2 Å². The molecule has 0 radical (unpaired) electrons. The number of benzene rings is 3. The Hall–Kier alpha value is -2.62.